The smallest absolute Gasteiger partial charge is 0.310 e. The molecule has 1 amide bonds. The number of likely N-dealkylation sites (tertiary alicyclic amines) is 1. The molecule has 1 aliphatic heterocycles. The number of methoxy groups -OCH3 is 1. The van der Waals surface area contributed by atoms with Crippen LogP contribution >= 0.6 is 11.8 Å². The standard InChI is InChI=1S/C11H19NO3S/c1-15-11(14)9-4-3-6-12(8-9)10(13)5-7-16-2/h9H,3-8H2,1-2H3/t9-/m0/s1. The van der Waals surface area contributed by atoms with Crippen molar-refractivity contribution in [2.45, 2.75) is 19.3 Å². The first-order valence-corrected chi connectivity index (χ1v) is 6.93. The van der Waals surface area contributed by atoms with Crippen LogP contribution in [0.1, 0.15) is 19.3 Å². The highest BCUT2D eigenvalue weighted by Gasteiger charge is 2.28. The number of piperidine rings is 1. The number of hydrogen-bond donors (Lipinski definition) is 0. The summed E-state index contributed by atoms with van der Waals surface area (Å²) in [5, 5.41) is 0. The Morgan fingerprint density at radius 1 is 1.50 bits per heavy atom. The molecule has 0 spiro atoms. The molecule has 92 valence electrons. The van der Waals surface area contributed by atoms with Crippen LogP contribution in [0.5, 0.6) is 0 Å². The average molecular weight is 245 g/mol. The van der Waals surface area contributed by atoms with Crippen molar-refractivity contribution in [3.05, 3.63) is 0 Å². The quantitative estimate of drug-likeness (QED) is 0.697. The maximum atomic E-state index is 11.8. The average Bonchev–Trinajstić information content (AvgIpc) is 2.35. The molecule has 0 aromatic rings. The maximum absolute atomic E-state index is 11.8. The summed E-state index contributed by atoms with van der Waals surface area (Å²) in [6.45, 7) is 1.31. The molecule has 0 radical (unpaired) electrons. The lowest BCUT2D eigenvalue weighted by Gasteiger charge is -2.31. The number of amides is 1. The van der Waals surface area contributed by atoms with E-state index in [0.29, 0.717) is 13.0 Å². The number of esters is 1. The van der Waals surface area contributed by atoms with Gasteiger partial charge in [0.2, 0.25) is 5.91 Å². The molecule has 0 aliphatic carbocycles. The number of ether oxygens (including phenoxy) is 1. The van der Waals surface area contributed by atoms with E-state index < -0.39 is 0 Å². The first kappa shape index (κ1) is 13.4. The molecule has 1 rings (SSSR count). The van der Waals surface area contributed by atoms with Crippen molar-refractivity contribution in [3.8, 4) is 0 Å². The van der Waals surface area contributed by atoms with Gasteiger partial charge in [-0.2, -0.15) is 11.8 Å². The Hall–Kier alpha value is -0.710. The number of thioether (sulfide) groups is 1. The van der Waals surface area contributed by atoms with Crippen LogP contribution in [0.2, 0.25) is 0 Å². The maximum Gasteiger partial charge on any atom is 0.310 e. The fraction of sp³-hybridized carbons (Fsp3) is 0.818. The Kier molecular flexibility index (Phi) is 5.66. The number of rotatable bonds is 4. The zero-order valence-electron chi connectivity index (χ0n) is 9.90. The Labute approximate surface area is 101 Å². The largest absolute Gasteiger partial charge is 0.469 e. The van der Waals surface area contributed by atoms with E-state index in [0.717, 1.165) is 25.1 Å². The van der Waals surface area contributed by atoms with Crippen LogP contribution in [0.3, 0.4) is 0 Å². The topological polar surface area (TPSA) is 46.6 Å². The van der Waals surface area contributed by atoms with Crippen LogP contribution in [-0.4, -0.2) is 49.0 Å². The van der Waals surface area contributed by atoms with Crippen molar-refractivity contribution < 1.29 is 14.3 Å². The van der Waals surface area contributed by atoms with Gasteiger partial charge in [-0.05, 0) is 19.1 Å². The molecule has 0 unspecified atom stereocenters. The van der Waals surface area contributed by atoms with Gasteiger partial charge in [-0.15, -0.1) is 0 Å². The van der Waals surface area contributed by atoms with Gasteiger partial charge in [-0.25, -0.2) is 0 Å². The highest BCUT2D eigenvalue weighted by molar-refractivity contribution is 7.98. The summed E-state index contributed by atoms with van der Waals surface area (Å²) in [5.41, 5.74) is 0. The van der Waals surface area contributed by atoms with E-state index in [9.17, 15) is 9.59 Å². The van der Waals surface area contributed by atoms with Crippen molar-refractivity contribution in [3.63, 3.8) is 0 Å². The van der Waals surface area contributed by atoms with E-state index in [2.05, 4.69) is 0 Å². The molecule has 0 saturated carbocycles. The minimum atomic E-state index is -0.192. The molecule has 0 aromatic carbocycles. The van der Waals surface area contributed by atoms with Crippen LogP contribution in [-0.2, 0) is 14.3 Å². The van der Waals surface area contributed by atoms with Gasteiger partial charge in [0.05, 0.1) is 13.0 Å². The number of nitrogens with zero attached hydrogens (tertiary/aromatic N) is 1. The molecular weight excluding hydrogens is 226 g/mol. The first-order chi connectivity index (χ1) is 7.69. The van der Waals surface area contributed by atoms with Gasteiger partial charge in [-0.3, -0.25) is 9.59 Å². The van der Waals surface area contributed by atoms with Gasteiger partial charge in [-0.1, -0.05) is 0 Å². The monoisotopic (exact) mass is 245 g/mol. The molecule has 16 heavy (non-hydrogen) atoms. The van der Waals surface area contributed by atoms with Gasteiger partial charge in [0.1, 0.15) is 0 Å². The summed E-state index contributed by atoms with van der Waals surface area (Å²) < 4.78 is 4.72. The molecule has 0 bridgehead atoms. The van der Waals surface area contributed by atoms with Crippen molar-refractivity contribution in [2.24, 2.45) is 5.92 Å². The second-order valence-electron chi connectivity index (χ2n) is 3.94. The van der Waals surface area contributed by atoms with Crippen molar-refractivity contribution in [1.29, 1.82) is 0 Å². The van der Waals surface area contributed by atoms with Gasteiger partial charge in [0, 0.05) is 25.3 Å². The van der Waals surface area contributed by atoms with Crippen LogP contribution in [0.25, 0.3) is 0 Å². The zero-order valence-corrected chi connectivity index (χ0v) is 10.7. The predicted octanol–water partition coefficient (Wildman–Crippen LogP) is 1.15. The Balaban J connectivity index is 2.43. The predicted molar refractivity (Wildman–Crippen MR) is 64.3 cm³/mol. The molecule has 1 fully saturated rings. The van der Waals surface area contributed by atoms with E-state index in [-0.39, 0.29) is 17.8 Å². The molecule has 5 heteroatoms. The summed E-state index contributed by atoms with van der Waals surface area (Å²) in [7, 11) is 1.40. The van der Waals surface area contributed by atoms with Crippen molar-refractivity contribution in [2.75, 3.05) is 32.2 Å². The Morgan fingerprint density at radius 2 is 2.25 bits per heavy atom. The van der Waals surface area contributed by atoms with E-state index in [1.807, 2.05) is 6.26 Å². The molecule has 4 nitrogen and oxygen atoms in total. The molecule has 1 aliphatic rings. The van der Waals surface area contributed by atoms with Gasteiger partial charge in [0.15, 0.2) is 0 Å². The summed E-state index contributed by atoms with van der Waals surface area (Å²) in [6, 6.07) is 0. The van der Waals surface area contributed by atoms with E-state index in [4.69, 9.17) is 4.74 Å². The molecular formula is C11H19NO3S. The van der Waals surface area contributed by atoms with E-state index in [1.54, 1.807) is 16.7 Å². The highest BCUT2D eigenvalue weighted by Crippen LogP contribution is 2.18. The molecule has 1 heterocycles. The normalized spacial score (nSPS) is 20.6. The van der Waals surface area contributed by atoms with Gasteiger partial charge < -0.3 is 9.64 Å². The number of carbonyl (C=O) groups excluding carboxylic acids is 2. The van der Waals surface area contributed by atoms with E-state index >= 15 is 0 Å². The van der Waals surface area contributed by atoms with Crippen LogP contribution in [0.4, 0.5) is 0 Å². The lowest BCUT2D eigenvalue weighted by Crippen LogP contribution is -2.42. The van der Waals surface area contributed by atoms with Crippen molar-refractivity contribution in [1.82, 2.24) is 4.90 Å². The lowest BCUT2D eigenvalue weighted by molar-refractivity contribution is -0.148. The molecule has 0 aromatic heterocycles. The second kappa shape index (κ2) is 6.78. The number of hydrogen-bond acceptors (Lipinski definition) is 4. The summed E-state index contributed by atoms with van der Waals surface area (Å²) in [5.74, 6) is 0.681. The van der Waals surface area contributed by atoms with Gasteiger partial charge >= 0.3 is 5.97 Å². The summed E-state index contributed by atoms with van der Waals surface area (Å²) in [4.78, 5) is 25.0. The molecule has 1 atom stereocenters. The number of carbonyl (C=O) groups is 2. The Bertz CT molecular complexity index is 258. The third-order valence-electron chi connectivity index (χ3n) is 2.83. The zero-order chi connectivity index (χ0) is 12.0. The van der Waals surface area contributed by atoms with Gasteiger partial charge in [0.25, 0.3) is 0 Å². The van der Waals surface area contributed by atoms with Crippen LogP contribution < -0.4 is 0 Å². The minimum Gasteiger partial charge on any atom is -0.469 e. The highest BCUT2D eigenvalue weighted by atomic mass is 32.2. The van der Waals surface area contributed by atoms with Crippen LogP contribution in [0, 0.1) is 5.92 Å². The lowest BCUT2D eigenvalue weighted by atomic mass is 9.98. The van der Waals surface area contributed by atoms with Crippen molar-refractivity contribution >= 4 is 23.6 Å². The molecule has 1 saturated heterocycles. The fourth-order valence-corrected chi connectivity index (χ4v) is 2.29. The van der Waals surface area contributed by atoms with E-state index in [1.165, 1.54) is 7.11 Å². The summed E-state index contributed by atoms with van der Waals surface area (Å²) in [6.07, 6.45) is 4.28. The van der Waals surface area contributed by atoms with Crippen LogP contribution in [0.15, 0.2) is 0 Å². The second-order valence-corrected chi connectivity index (χ2v) is 4.93. The SMILES string of the molecule is COC(=O)[C@H]1CCCN(C(=O)CCSC)C1. The Morgan fingerprint density at radius 3 is 2.88 bits per heavy atom. The third-order valence-corrected chi connectivity index (χ3v) is 3.44. The molecule has 0 N–H and O–H groups in total. The first-order valence-electron chi connectivity index (χ1n) is 5.53. The minimum absolute atomic E-state index is 0.128. The summed E-state index contributed by atoms with van der Waals surface area (Å²) >= 11 is 1.67. The third kappa shape index (κ3) is 3.70. The fourth-order valence-electron chi connectivity index (χ4n) is 1.91.